The summed E-state index contributed by atoms with van der Waals surface area (Å²) in [6.45, 7) is 0. The number of allylic oxidation sites excluding steroid dienone is 3. The average molecular weight is 557 g/mol. The molecular weight excluding hydrogens is 528 g/mol. The Kier molecular flexibility index (Phi) is 7.26. The van der Waals surface area contributed by atoms with Crippen LogP contribution in [0.1, 0.15) is 11.1 Å². The molecular formula is C27H28N2O7S2. The van der Waals surface area contributed by atoms with E-state index in [1.807, 2.05) is 81.7 Å². The standard InChI is InChI=1S/C27H28N2O7S2/c1-28(2)20-9-5-17(6-10-20)25(18-7-11-21(12-8-18)29(3)4)26-23-14-13-22(37(31,32)33)15-19(23)16-24(27(26)30)38(34,35)36/h5-16,20,30H,1-4H3,(H,31,32,33)(H,34,35,36). The molecule has 0 saturated heterocycles. The summed E-state index contributed by atoms with van der Waals surface area (Å²) in [4.78, 5) is 1.71. The monoisotopic (exact) mass is 556 g/mol. The maximum atomic E-state index is 12.2. The van der Waals surface area contributed by atoms with Crippen LogP contribution in [0.5, 0.6) is 5.75 Å². The number of nitrogens with zero attached hydrogens (tertiary/aromatic N) is 1. The molecule has 0 atom stereocenters. The van der Waals surface area contributed by atoms with Crippen LogP contribution in [0.3, 0.4) is 0 Å². The molecule has 3 N–H and O–H groups in total. The fourth-order valence-electron chi connectivity index (χ4n) is 4.42. The predicted molar refractivity (Wildman–Crippen MR) is 145 cm³/mol. The molecule has 0 bridgehead atoms. The first-order valence-corrected chi connectivity index (χ1v) is 14.5. The van der Waals surface area contributed by atoms with Crippen LogP contribution in [-0.4, -0.2) is 65.3 Å². The van der Waals surface area contributed by atoms with Crippen molar-refractivity contribution in [2.24, 2.45) is 0 Å². The van der Waals surface area contributed by atoms with Crippen molar-refractivity contribution in [3.05, 3.63) is 89.5 Å². The lowest BCUT2D eigenvalue weighted by molar-refractivity contribution is -0.871. The summed E-state index contributed by atoms with van der Waals surface area (Å²) in [5.74, 6) is -0.742. The Balaban J connectivity index is 2.14. The second-order valence-electron chi connectivity index (χ2n) is 9.50. The van der Waals surface area contributed by atoms with Gasteiger partial charge in [-0.1, -0.05) is 30.4 Å². The van der Waals surface area contributed by atoms with Crippen molar-refractivity contribution in [2.45, 2.75) is 15.8 Å². The van der Waals surface area contributed by atoms with Gasteiger partial charge in [-0.05, 0) is 64.4 Å². The quantitative estimate of drug-likeness (QED) is 0.393. The lowest BCUT2D eigenvalue weighted by atomic mass is 9.87. The smallest absolute Gasteiger partial charge is 0.294 e. The van der Waals surface area contributed by atoms with Crippen LogP contribution in [0.4, 0.5) is 5.69 Å². The summed E-state index contributed by atoms with van der Waals surface area (Å²) < 4.78 is 69.6. The molecule has 0 saturated carbocycles. The molecule has 11 heteroatoms. The third-order valence-corrected chi connectivity index (χ3v) is 8.16. The van der Waals surface area contributed by atoms with Crippen LogP contribution >= 0.6 is 0 Å². The van der Waals surface area contributed by atoms with E-state index in [-0.39, 0.29) is 17.0 Å². The highest BCUT2D eigenvalue weighted by Gasteiger charge is 2.25. The van der Waals surface area contributed by atoms with Gasteiger partial charge in [0, 0.05) is 30.9 Å². The number of fused-ring (bicyclic) bond motifs is 1. The Bertz CT molecular complexity index is 1700. The van der Waals surface area contributed by atoms with Crippen molar-refractivity contribution in [3.8, 4) is 5.75 Å². The molecule has 4 rings (SSSR count). The van der Waals surface area contributed by atoms with Gasteiger partial charge in [-0.25, -0.2) is 8.42 Å². The minimum Gasteiger partial charge on any atom is -0.744 e. The molecule has 0 aliphatic heterocycles. The van der Waals surface area contributed by atoms with Gasteiger partial charge in [-0.2, -0.15) is 8.42 Å². The molecule has 0 aromatic heterocycles. The van der Waals surface area contributed by atoms with Gasteiger partial charge in [0.2, 0.25) is 0 Å². The highest BCUT2D eigenvalue weighted by Crippen LogP contribution is 2.43. The molecule has 0 radical (unpaired) electrons. The number of nitrogens with one attached hydrogen (secondary N) is 1. The number of aromatic hydroxyl groups is 1. The number of phenolic OH excluding ortho intramolecular Hbond substituents is 1. The second-order valence-corrected chi connectivity index (χ2v) is 12.3. The number of phenols is 1. The zero-order valence-electron chi connectivity index (χ0n) is 21.2. The normalized spacial score (nSPS) is 15.9. The van der Waals surface area contributed by atoms with E-state index in [1.165, 1.54) is 11.0 Å². The number of likely N-dealkylation sites (N-methyl/N-ethyl adjacent to an activating group) is 1. The summed E-state index contributed by atoms with van der Waals surface area (Å²) in [5.41, 5.74) is 2.69. The number of quaternary nitrogens is 1. The van der Waals surface area contributed by atoms with Gasteiger partial charge in [0.1, 0.15) is 21.9 Å². The summed E-state index contributed by atoms with van der Waals surface area (Å²) in [5, 5.41) is 11.6. The average Bonchev–Trinajstić information content (AvgIpc) is 2.84. The largest absolute Gasteiger partial charge is 0.744 e. The Hall–Kier alpha value is -3.48. The van der Waals surface area contributed by atoms with E-state index in [1.54, 1.807) is 0 Å². The van der Waals surface area contributed by atoms with E-state index in [0.29, 0.717) is 22.1 Å². The molecule has 0 fully saturated rings. The van der Waals surface area contributed by atoms with Gasteiger partial charge in [-0.3, -0.25) is 4.55 Å². The molecule has 38 heavy (non-hydrogen) atoms. The van der Waals surface area contributed by atoms with Gasteiger partial charge >= 0.3 is 0 Å². The van der Waals surface area contributed by atoms with Crippen molar-refractivity contribution in [2.75, 3.05) is 33.1 Å². The SMILES string of the molecule is CN(C)c1ccc(C(=C2C=CC([NH+](C)C)C=C2)c2c(O)c(S(=O)(=O)[O-])cc3cc(S(=O)(=O)O)ccc23)cc1. The highest BCUT2D eigenvalue weighted by molar-refractivity contribution is 7.86. The van der Waals surface area contributed by atoms with Gasteiger partial charge in [0.05, 0.1) is 23.9 Å². The lowest BCUT2D eigenvalue weighted by Gasteiger charge is -2.23. The molecule has 0 unspecified atom stereocenters. The topological polar surface area (TPSA) is 139 Å². The van der Waals surface area contributed by atoms with Crippen molar-refractivity contribution < 1.29 is 35.9 Å². The van der Waals surface area contributed by atoms with Crippen LogP contribution < -0.4 is 9.80 Å². The third-order valence-electron chi connectivity index (χ3n) is 6.46. The summed E-state index contributed by atoms with van der Waals surface area (Å²) >= 11 is 0. The molecule has 0 spiro atoms. The van der Waals surface area contributed by atoms with Crippen LogP contribution in [0.25, 0.3) is 16.3 Å². The van der Waals surface area contributed by atoms with E-state index in [2.05, 4.69) is 0 Å². The van der Waals surface area contributed by atoms with E-state index in [9.17, 15) is 31.0 Å². The number of anilines is 1. The fraction of sp³-hybridized carbons (Fsp3) is 0.185. The van der Waals surface area contributed by atoms with Crippen molar-refractivity contribution >= 4 is 42.3 Å². The Labute approximate surface area is 222 Å². The van der Waals surface area contributed by atoms with Gasteiger partial charge in [0.25, 0.3) is 10.1 Å². The zero-order chi connectivity index (χ0) is 28.0. The molecule has 3 aromatic carbocycles. The van der Waals surface area contributed by atoms with E-state index in [0.717, 1.165) is 23.9 Å². The number of hydrogen-bond donors (Lipinski definition) is 3. The maximum Gasteiger partial charge on any atom is 0.294 e. The van der Waals surface area contributed by atoms with Gasteiger partial charge in [0.15, 0.2) is 0 Å². The third kappa shape index (κ3) is 5.38. The first-order chi connectivity index (χ1) is 17.7. The Morgan fingerprint density at radius 2 is 1.55 bits per heavy atom. The number of rotatable bonds is 6. The summed E-state index contributed by atoms with van der Waals surface area (Å²) in [6.07, 6.45) is 7.68. The van der Waals surface area contributed by atoms with Crippen molar-refractivity contribution in [3.63, 3.8) is 0 Å². The second kappa shape index (κ2) is 10.0. The van der Waals surface area contributed by atoms with Crippen LogP contribution in [-0.2, 0) is 20.2 Å². The van der Waals surface area contributed by atoms with Crippen LogP contribution in [0, 0.1) is 0 Å². The maximum absolute atomic E-state index is 12.2. The van der Waals surface area contributed by atoms with Crippen LogP contribution in [0.2, 0.25) is 0 Å². The first-order valence-electron chi connectivity index (χ1n) is 11.6. The molecule has 0 amide bonds. The van der Waals surface area contributed by atoms with E-state index >= 15 is 0 Å². The zero-order valence-corrected chi connectivity index (χ0v) is 22.8. The minimum atomic E-state index is -5.16. The molecule has 0 heterocycles. The lowest BCUT2D eigenvalue weighted by Crippen LogP contribution is -3.09. The van der Waals surface area contributed by atoms with Crippen molar-refractivity contribution in [1.29, 1.82) is 0 Å². The molecule has 200 valence electrons. The van der Waals surface area contributed by atoms with E-state index < -0.39 is 35.8 Å². The Morgan fingerprint density at radius 1 is 0.947 bits per heavy atom. The number of benzene rings is 3. The van der Waals surface area contributed by atoms with Crippen molar-refractivity contribution in [1.82, 2.24) is 0 Å². The first kappa shape index (κ1) is 27.6. The molecule has 1 aliphatic carbocycles. The predicted octanol–water partition coefficient (Wildman–Crippen LogP) is 2.20. The number of hydrogen-bond acceptors (Lipinski definition) is 7. The minimum absolute atomic E-state index is 0.0461. The highest BCUT2D eigenvalue weighted by atomic mass is 32.2. The van der Waals surface area contributed by atoms with Gasteiger partial charge in [-0.15, -0.1) is 0 Å². The molecule has 3 aromatic rings. The molecule has 9 nitrogen and oxygen atoms in total. The summed E-state index contributed by atoms with van der Waals surface area (Å²) in [7, 11) is -1.99. The Morgan fingerprint density at radius 3 is 2.05 bits per heavy atom. The van der Waals surface area contributed by atoms with Gasteiger partial charge < -0.3 is 19.5 Å². The molecule has 1 aliphatic rings. The van der Waals surface area contributed by atoms with E-state index in [4.69, 9.17) is 0 Å². The summed E-state index contributed by atoms with van der Waals surface area (Å²) in [6, 6.07) is 12.0. The van der Waals surface area contributed by atoms with Crippen LogP contribution in [0.15, 0.2) is 88.2 Å². The fourth-order valence-corrected chi connectivity index (χ4v) is 5.55.